The van der Waals surface area contributed by atoms with Gasteiger partial charge < -0.3 is 9.73 Å². The topological polar surface area (TPSA) is 55.1 Å². The van der Waals surface area contributed by atoms with Crippen LogP contribution in [0, 0.1) is 6.92 Å². The monoisotopic (exact) mass is 328 g/mol. The van der Waals surface area contributed by atoms with Crippen molar-refractivity contribution in [2.75, 3.05) is 0 Å². The molecule has 0 saturated carbocycles. The molecule has 3 aromatic rings. The fourth-order valence-electron chi connectivity index (χ4n) is 2.50. The first kappa shape index (κ1) is 15.7. The van der Waals surface area contributed by atoms with Crippen molar-refractivity contribution in [1.29, 1.82) is 0 Å². The van der Waals surface area contributed by atoms with Crippen molar-refractivity contribution in [2.24, 2.45) is 0 Å². The quantitative estimate of drug-likeness (QED) is 0.730. The van der Waals surface area contributed by atoms with Crippen LogP contribution in [0.2, 0.25) is 0 Å². The summed E-state index contributed by atoms with van der Waals surface area (Å²) in [6, 6.07) is 11.8. The number of nitrogens with zero attached hydrogens (tertiary/aromatic N) is 1. The summed E-state index contributed by atoms with van der Waals surface area (Å²) in [6.07, 6.45) is 2.14. The minimum absolute atomic E-state index is 0.0488. The number of thiazole rings is 1. The van der Waals surface area contributed by atoms with Crippen molar-refractivity contribution < 1.29 is 9.21 Å². The summed E-state index contributed by atoms with van der Waals surface area (Å²) in [5, 5.41) is 4.06. The number of rotatable bonds is 6. The molecular formula is C18H20N2O2S. The predicted molar refractivity (Wildman–Crippen MR) is 92.6 cm³/mol. The van der Waals surface area contributed by atoms with Crippen molar-refractivity contribution in [3.63, 3.8) is 0 Å². The van der Waals surface area contributed by atoms with E-state index in [2.05, 4.69) is 16.4 Å². The smallest absolute Gasteiger partial charge is 0.220 e. The largest absolute Gasteiger partial charge is 0.464 e. The van der Waals surface area contributed by atoms with Crippen LogP contribution >= 0.6 is 11.3 Å². The third kappa shape index (κ3) is 3.99. The molecule has 2 heterocycles. The Labute approximate surface area is 139 Å². The van der Waals surface area contributed by atoms with Gasteiger partial charge in [-0.2, -0.15) is 0 Å². The Hall–Kier alpha value is -2.14. The van der Waals surface area contributed by atoms with E-state index in [1.807, 2.05) is 44.2 Å². The van der Waals surface area contributed by atoms with E-state index in [1.165, 1.54) is 4.70 Å². The van der Waals surface area contributed by atoms with Gasteiger partial charge in [-0.1, -0.05) is 12.1 Å². The molecule has 5 heteroatoms. The number of furan rings is 1. The molecule has 0 aliphatic rings. The molecule has 0 fully saturated rings. The predicted octanol–water partition coefficient (Wildman–Crippen LogP) is 4.40. The van der Waals surface area contributed by atoms with E-state index in [1.54, 1.807) is 11.3 Å². The van der Waals surface area contributed by atoms with Crippen LogP contribution in [0.3, 0.4) is 0 Å². The average Bonchev–Trinajstić information content (AvgIpc) is 3.12. The standard InChI is InChI=1S/C18H20N2O2S/c1-12-10-11-15(22-12)13(2)19-17(21)8-5-9-18-20-14-6-3-4-7-16(14)23-18/h3-4,6-7,10-11,13H,5,8-9H2,1-2H3,(H,19,21). The van der Waals surface area contributed by atoms with Gasteiger partial charge in [0, 0.05) is 6.42 Å². The summed E-state index contributed by atoms with van der Waals surface area (Å²) in [4.78, 5) is 16.6. The second-order valence-corrected chi connectivity index (χ2v) is 6.78. The van der Waals surface area contributed by atoms with E-state index in [4.69, 9.17) is 4.42 Å². The van der Waals surface area contributed by atoms with Crippen LogP contribution in [-0.4, -0.2) is 10.9 Å². The van der Waals surface area contributed by atoms with Gasteiger partial charge in [0.1, 0.15) is 11.5 Å². The van der Waals surface area contributed by atoms with Gasteiger partial charge in [-0.3, -0.25) is 4.79 Å². The van der Waals surface area contributed by atoms with Crippen molar-refractivity contribution in [3.05, 3.63) is 52.9 Å². The first-order valence-electron chi connectivity index (χ1n) is 7.82. The Kier molecular flexibility index (Phi) is 4.76. The molecular weight excluding hydrogens is 308 g/mol. The van der Waals surface area contributed by atoms with Crippen molar-refractivity contribution in [1.82, 2.24) is 10.3 Å². The average molecular weight is 328 g/mol. The Morgan fingerprint density at radius 3 is 2.87 bits per heavy atom. The Balaban J connectivity index is 1.47. The molecule has 3 rings (SSSR count). The number of amides is 1. The van der Waals surface area contributed by atoms with Gasteiger partial charge in [-0.25, -0.2) is 4.98 Å². The summed E-state index contributed by atoms with van der Waals surface area (Å²) >= 11 is 1.70. The number of aromatic nitrogens is 1. The highest BCUT2D eigenvalue weighted by Gasteiger charge is 2.12. The normalized spacial score (nSPS) is 12.4. The maximum atomic E-state index is 12.0. The molecule has 1 amide bonds. The molecule has 0 bridgehead atoms. The third-order valence-electron chi connectivity index (χ3n) is 3.70. The lowest BCUT2D eigenvalue weighted by Gasteiger charge is -2.11. The minimum atomic E-state index is -0.0985. The molecule has 1 atom stereocenters. The zero-order chi connectivity index (χ0) is 16.2. The molecule has 0 saturated heterocycles. The second-order valence-electron chi connectivity index (χ2n) is 5.67. The Bertz CT molecular complexity index is 773. The molecule has 1 aromatic carbocycles. The van der Waals surface area contributed by atoms with Gasteiger partial charge in [0.05, 0.1) is 21.3 Å². The summed E-state index contributed by atoms with van der Waals surface area (Å²) in [6.45, 7) is 3.83. The van der Waals surface area contributed by atoms with Crippen LogP contribution in [0.1, 0.15) is 42.3 Å². The Morgan fingerprint density at radius 2 is 2.13 bits per heavy atom. The Morgan fingerprint density at radius 1 is 1.30 bits per heavy atom. The molecule has 1 N–H and O–H groups in total. The van der Waals surface area contributed by atoms with Crippen molar-refractivity contribution in [3.8, 4) is 0 Å². The maximum Gasteiger partial charge on any atom is 0.220 e. The van der Waals surface area contributed by atoms with Gasteiger partial charge in [0.2, 0.25) is 5.91 Å². The van der Waals surface area contributed by atoms with Crippen LogP contribution in [0.4, 0.5) is 0 Å². The van der Waals surface area contributed by atoms with Crippen LogP contribution in [0.5, 0.6) is 0 Å². The van der Waals surface area contributed by atoms with Crippen LogP contribution in [-0.2, 0) is 11.2 Å². The maximum absolute atomic E-state index is 12.0. The number of para-hydroxylation sites is 1. The summed E-state index contributed by atoms with van der Waals surface area (Å²) in [5.74, 6) is 1.70. The van der Waals surface area contributed by atoms with E-state index in [-0.39, 0.29) is 11.9 Å². The van der Waals surface area contributed by atoms with Crippen LogP contribution in [0.15, 0.2) is 40.8 Å². The molecule has 0 aliphatic heterocycles. The van der Waals surface area contributed by atoms with E-state index in [0.717, 1.165) is 34.9 Å². The first-order valence-corrected chi connectivity index (χ1v) is 8.63. The third-order valence-corrected chi connectivity index (χ3v) is 4.79. The van der Waals surface area contributed by atoms with E-state index >= 15 is 0 Å². The number of nitrogens with one attached hydrogen (secondary N) is 1. The van der Waals surface area contributed by atoms with Gasteiger partial charge in [-0.15, -0.1) is 11.3 Å². The fraction of sp³-hybridized carbons (Fsp3) is 0.333. The van der Waals surface area contributed by atoms with E-state index in [0.29, 0.717) is 6.42 Å². The SMILES string of the molecule is Cc1ccc(C(C)NC(=O)CCCc2nc3ccccc3s2)o1. The van der Waals surface area contributed by atoms with Crippen LogP contribution in [0.25, 0.3) is 10.2 Å². The van der Waals surface area contributed by atoms with E-state index < -0.39 is 0 Å². The number of carbonyl (C=O) groups excluding carboxylic acids is 1. The molecule has 23 heavy (non-hydrogen) atoms. The molecule has 120 valence electrons. The molecule has 0 radical (unpaired) electrons. The lowest BCUT2D eigenvalue weighted by atomic mass is 10.2. The molecule has 0 spiro atoms. The number of carbonyl (C=O) groups is 1. The highest BCUT2D eigenvalue weighted by molar-refractivity contribution is 7.18. The number of hydrogen-bond acceptors (Lipinski definition) is 4. The van der Waals surface area contributed by atoms with E-state index in [9.17, 15) is 4.79 Å². The molecule has 0 aliphatic carbocycles. The molecule has 1 unspecified atom stereocenters. The number of fused-ring (bicyclic) bond motifs is 1. The highest BCUT2D eigenvalue weighted by atomic mass is 32.1. The second kappa shape index (κ2) is 6.96. The van der Waals surface area contributed by atoms with Gasteiger partial charge in [0.25, 0.3) is 0 Å². The molecule has 2 aromatic heterocycles. The van der Waals surface area contributed by atoms with Gasteiger partial charge in [-0.05, 0) is 51.0 Å². The molecule has 4 nitrogen and oxygen atoms in total. The van der Waals surface area contributed by atoms with Crippen LogP contribution < -0.4 is 5.32 Å². The summed E-state index contributed by atoms with van der Waals surface area (Å²) in [7, 11) is 0. The summed E-state index contributed by atoms with van der Waals surface area (Å²) < 4.78 is 6.73. The van der Waals surface area contributed by atoms with Gasteiger partial charge >= 0.3 is 0 Å². The fourth-order valence-corrected chi connectivity index (χ4v) is 3.51. The number of hydrogen-bond donors (Lipinski definition) is 1. The summed E-state index contributed by atoms with van der Waals surface area (Å²) in [5.41, 5.74) is 1.04. The number of aryl methyl sites for hydroxylation is 2. The lowest BCUT2D eigenvalue weighted by molar-refractivity contribution is -0.121. The van der Waals surface area contributed by atoms with Gasteiger partial charge in [0.15, 0.2) is 0 Å². The highest BCUT2D eigenvalue weighted by Crippen LogP contribution is 2.22. The number of benzene rings is 1. The lowest BCUT2D eigenvalue weighted by Crippen LogP contribution is -2.26. The van der Waals surface area contributed by atoms with Crippen molar-refractivity contribution >= 4 is 27.5 Å². The minimum Gasteiger partial charge on any atom is -0.464 e. The van der Waals surface area contributed by atoms with Crippen molar-refractivity contribution in [2.45, 2.75) is 39.2 Å². The zero-order valence-corrected chi connectivity index (χ0v) is 14.2. The first-order chi connectivity index (χ1) is 11.1. The zero-order valence-electron chi connectivity index (χ0n) is 13.3.